The fraction of sp³-hybridized carbons (Fsp3) is 0.462. The molecule has 1 amide bonds. The monoisotopic (exact) mass is 354 g/mol. The van der Waals surface area contributed by atoms with Gasteiger partial charge in [-0.1, -0.05) is 34.8 Å². The number of hydrogen-bond acceptors (Lipinski definition) is 4. The zero-order valence-electron chi connectivity index (χ0n) is 11.7. The van der Waals surface area contributed by atoms with Crippen molar-refractivity contribution in [2.45, 2.75) is 6.10 Å². The zero-order valence-corrected chi connectivity index (χ0v) is 14.0. The molecule has 0 aliphatic rings. The maximum atomic E-state index is 11.9. The van der Waals surface area contributed by atoms with E-state index in [0.29, 0.717) is 17.3 Å². The number of nitrogens with one attached hydrogen (secondary N) is 1. The van der Waals surface area contributed by atoms with E-state index in [0.717, 1.165) is 0 Å². The zero-order chi connectivity index (χ0) is 16.0. The van der Waals surface area contributed by atoms with Crippen molar-refractivity contribution >= 4 is 46.4 Å². The van der Waals surface area contributed by atoms with Gasteiger partial charge in [-0.15, -0.1) is 0 Å². The number of likely N-dealkylation sites (N-methyl/N-ethyl adjacent to an activating group) is 1. The molecule has 0 aliphatic heterocycles. The smallest absolute Gasteiger partial charge is 0.238 e. The molecule has 1 rings (SSSR count). The predicted octanol–water partition coefficient (Wildman–Crippen LogP) is 2.52. The van der Waals surface area contributed by atoms with Gasteiger partial charge < -0.3 is 15.2 Å². The lowest BCUT2D eigenvalue weighted by atomic mass is 10.3. The summed E-state index contributed by atoms with van der Waals surface area (Å²) in [5.74, 6) is -0.298. The first-order chi connectivity index (χ1) is 9.83. The minimum atomic E-state index is -0.657. The van der Waals surface area contributed by atoms with Crippen LogP contribution >= 0.6 is 34.8 Å². The second-order valence-electron chi connectivity index (χ2n) is 4.60. The van der Waals surface area contributed by atoms with Crippen molar-refractivity contribution in [1.29, 1.82) is 0 Å². The van der Waals surface area contributed by atoms with Crippen LogP contribution in [0.1, 0.15) is 0 Å². The summed E-state index contributed by atoms with van der Waals surface area (Å²) in [5.41, 5.74) is 0.318. The second-order valence-corrected chi connectivity index (χ2v) is 5.85. The van der Waals surface area contributed by atoms with Gasteiger partial charge in [-0.2, -0.15) is 0 Å². The van der Waals surface area contributed by atoms with Gasteiger partial charge in [-0.25, -0.2) is 0 Å². The number of nitrogens with zero attached hydrogens (tertiary/aromatic N) is 1. The Labute approximate surface area is 138 Å². The Kier molecular flexibility index (Phi) is 7.73. The lowest BCUT2D eigenvalue weighted by Crippen LogP contribution is -2.37. The van der Waals surface area contributed by atoms with Crippen LogP contribution in [0, 0.1) is 0 Å². The van der Waals surface area contributed by atoms with Gasteiger partial charge in [0.1, 0.15) is 0 Å². The Morgan fingerprint density at radius 3 is 2.48 bits per heavy atom. The Morgan fingerprint density at radius 1 is 1.38 bits per heavy atom. The molecule has 0 saturated heterocycles. The SMILES string of the molecule is COCC(O)CN(C)CC(=O)Nc1c(Cl)cc(Cl)cc1Cl. The van der Waals surface area contributed by atoms with Crippen molar-refractivity contribution in [3.63, 3.8) is 0 Å². The number of rotatable bonds is 7. The molecule has 1 atom stereocenters. The highest BCUT2D eigenvalue weighted by atomic mass is 35.5. The predicted molar refractivity (Wildman–Crippen MR) is 85.5 cm³/mol. The highest BCUT2D eigenvalue weighted by molar-refractivity contribution is 6.42. The molecule has 0 aliphatic carbocycles. The molecular weight excluding hydrogens is 339 g/mol. The normalized spacial score (nSPS) is 12.5. The Balaban J connectivity index is 2.58. The van der Waals surface area contributed by atoms with Crippen LogP contribution in [0.2, 0.25) is 15.1 Å². The highest BCUT2D eigenvalue weighted by Gasteiger charge is 2.14. The minimum absolute atomic E-state index is 0.0794. The van der Waals surface area contributed by atoms with E-state index in [4.69, 9.17) is 39.5 Å². The first-order valence-electron chi connectivity index (χ1n) is 6.13. The number of benzene rings is 1. The van der Waals surface area contributed by atoms with Gasteiger partial charge in [0.25, 0.3) is 0 Å². The van der Waals surface area contributed by atoms with Gasteiger partial charge in [0.2, 0.25) is 5.91 Å². The molecule has 118 valence electrons. The summed E-state index contributed by atoms with van der Waals surface area (Å²) in [6, 6.07) is 2.99. The molecule has 5 nitrogen and oxygen atoms in total. The number of carbonyl (C=O) groups is 1. The average molecular weight is 356 g/mol. The van der Waals surface area contributed by atoms with E-state index in [1.54, 1.807) is 11.9 Å². The molecule has 0 aromatic heterocycles. The molecular formula is C13H17Cl3N2O3. The standard InChI is InChI=1S/C13H17Cl3N2O3/c1-18(5-9(19)7-21-2)6-12(20)17-13-10(15)3-8(14)4-11(13)16/h3-4,9,19H,5-7H2,1-2H3,(H,17,20). The topological polar surface area (TPSA) is 61.8 Å². The number of aliphatic hydroxyl groups excluding tert-OH is 1. The molecule has 0 bridgehead atoms. The van der Waals surface area contributed by atoms with Crippen LogP contribution in [0.15, 0.2) is 12.1 Å². The Hall–Kier alpha value is -0.560. The van der Waals surface area contributed by atoms with Crippen molar-refractivity contribution in [3.05, 3.63) is 27.2 Å². The van der Waals surface area contributed by atoms with E-state index in [2.05, 4.69) is 5.32 Å². The maximum absolute atomic E-state index is 11.9. The second kappa shape index (κ2) is 8.78. The minimum Gasteiger partial charge on any atom is -0.389 e. The molecule has 0 spiro atoms. The summed E-state index contributed by atoms with van der Waals surface area (Å²) in [6.45, 7) is 0.597. The van der Waals surface area contributed by atoms with Crippen molar-refractivity contribution in [3.8, 4) is 0 Å². The molecule has 1 aromatic rings. The third-order valence-electron chi connectivity index (χ3n) is 2.57. The highest BCUT2D eigenvalue weighted by Crippen LogP contribution is 2.33. The van der Waals surface area contributed by atoms with Crippen LogP contribution in [0.25, 0.3) is 0 Å². The third kappa shape index (κ3) is 6.38. The quantitative estimate of drug-likeness (QED) is 0.789. The third-order valence-corrected chi connectivity index (χ3v) is 3.38. The first kappa shape index (κ1) is 18.5. The van der Waals surface area contributed by atoms with E-state index < -0.39 is 6.10 Å². The van der Waals surface area contributed by atoms with Gasteiger partial charge in [0.15, 0.2) is 0 Å². The number of aliphatic hydroxyl groups is 1. The fourth-order valence-corrected chi connectivity index (χ4v) is 2.67. The van der Waals surface area contributed by atoms with Gasteiger partial charge in [-0.05, 0) is 19.2 Å². The summed E-state index contributed by atoms with van der Waals surface area (Å²) < 4.78 is 4.82. The molecule has 0 radical (unpaired) electrons. The van der Waals surface area contributed by atoms with E-state index in [1.165, 1.54) is 19.2 Å². The summed E-state index contributed by atoms with van der Waals surface area (Å²) >= 11 is 17.8. The number of hydrogen-bond donors (Lipinski definition) is 2. The summed E-state index contributed by atoms with van der Waals surface area (Å²) in [7, 11) is 3.21. The van der Waals surface area contributed by atoms with Crippen LogP contribution < -0.4 is 5.32 Å². The van der Waals surface area contributed by atoms with Gasteiger partial charge in [0, 0.05) is 18.7 Å². The molecule has 0 saturated carbocycles. The van der Waals surface area contributed by atoms with Gasteiger partial charge in [-0.3, -0.25) is 9.69 Å². The molecule has 1 unspecified atom stereocenters. The van der Waals surface area contributed by atoms with Gasteiger partial charge in [0.05, 0.1) is 35.0 Å². The van der Waals surface area contributed by atoms with E-state index in [9.17, 15) is 9.90 Å². The first-order valence-corrected chi connectivity index (χ1v) is 7.26. The number of methoxy groups -OCH3 is 1. The number of halogens is 3. The molecule has 8 heteroatoms. The van der Waals surface area contributed by atoms with Gasteiger partial charge >= 0.3 is 0 Å². The van der Waals surface area contributed by atoms with Crippen LogP contribution in [0.3, 0.4) is 0 Å². The van der Waals surface area contributed by atoms with Crippen molar-refractivity contribution in [1.82, 2.24) is 4.90 Å². The van der Waals surface area contributed by atoms with Crippen LogP contribution in [0.4, 0.5) is 5.69 Å². The summed E-state index contributed by atoms with van der Waals surface area (Å²) in [5, 5.41) is 13.1. The molecule has 2 N–H and O–H groups in total. The van der Waals surface area contributed by atoms with Crippen molar-refractivity contribution < 1.29 is 14.6 Å². The summed E-state index contributed by atoms with van der Waals surface area (Å²) in [4.78, 5) is 13.6. The molecule has 0 heterocycles. The number of carbonyl (C=O) groups excluding carboxylic acids is 1. The lowest BCUT2D eigenvalue weighted by molar-refractivity contribution is -0.117. The molecule has 0 fully saturated rings. The lowest BCUT2D eigenvalue weighted by Gasteiger charge is -2.20. The number of amides is 1. The van der Waals surface area contributed by atoms with Crippen LogP contribution in [-0.2, 0) is 9.53 Å². The fourth-order valence-electron chi connectivity index (χ4n) is 1.76. The Morgan fingerprint density at radius 2 is 1.95 bits per heavy atom. The van der Waals surface area contributed by atoms with E-state index in [-0.39, 0.29) is 29.1 Å². The number of ether oxygens (including phenoxy) is 1. The maximum Gasteiger partial charge on any atom is 0.238 e. The van der Waals surface area contributed by atoms with Crippen molar-refractivity contribution in [2.24, 2.45) is 0 Å². The number of anilines is 1. The largest absolute Gasteiger partial charge is 0.389 e. The van der Waals surface area contributed by atoms with Crippen molar-refractivity contribution in [2.75, 3.05) is 39.2 Å². The van der Waals surface area contributed by atoms with E-state index >= 15 is 0 Å². The van der Waals surface area contributed by atoms with Crippen LogP contribution in [-0.4, -0.2) is 55.9 Å². The van der Waals surface area contributed by atoms with E-state index in [1.807, 2.05) is 0 Å². The Bertz CT molecular complexity index is 477. The molecule has 21 heavy (non-hydrogen) atoms. The summed E-state index contributed by atoms with van der Waals surface area (Å²) in [6.07, 6.45) is -0.657. The average Bonchev–Trinajstić information content (AvgIpc) is 2.33. The van der Waals surface area contributed by atoms with Crippen LogP contribution in [0.5, 0.6) is 0 Å². The molecule has 1 aromatic carbocycles.